The third kappa shape index (κ3) is 14.5. The van der Waals surface area contributed by atoms with Gasteiger partial charge in [-0.3, -0.25) is 18.8 Å². The first-order chi connectivity index (χ1) is 24.1. The molecule has 3 aromatic rings. The number of hydrogen-bond donors (Lipinski definition) is 1. The molecule has 18 heteroatoms. The first-order valence-corrected chi connectivity index (χ1v) is 18.3. The Morgan fingerprint density at radius 3 is 1.98 bits per heavy atom. The Morgan fingerprint density at radius 1 is 0.882 bits per heavy atom. The average molecular weight is 774 g/mol. The van der Waals surface area contributed by atoms with Crippen molar-refractivity contribution in [3.05, 3.63) is 74.4 Å². The number of ether oxygens (including phenoxy) is 5. The van der Waals surface area contributed by atoms with Crippen molar-refractivity contribution in [1.29, 1.82) is 0 Å². The van der Waals surface area contributed by atoms with Crippen LogP contribution in [0.15, 0.2) is 47.7 Å². The fourth-order valence-electron chi connectivity index (χ4n) is 4.36. The molecule has 1 atom stereocenters. The number of esters is 1. The third-order valence-corrected chi connectivity index (χ3v) is 7.78. The quantitative estimate of drug-likeness (QED) is 0.100. The molecule has 0 aliphatic heterocycles. The minimum atomic E-state index is -3.49. The Hall–Kier alpha value is -3.64. The van der Waals surface area contributed by atoms with E-state index in [4.69, 9.17) is 46.9 Å². The highest BCUT2D eigenvalue weighted by atomic mass is 35.5. The molecule has 1 amide bonds. The largest absolute Gasteiger partial charge is 0.489 e. The number of hydrogen-bond acceptors (Lipinski definition) is 13. The number of carbonyl (C=O) groups is 2. The second kappa shape index (κ2) is 19.8. The maximum absolute atomic E-state index is 13.2. The Bertz CT molecular complexity index is 1760. The summed E-state index contributed by atoms with van der Waals surface area (Å²) in [5, 5.41) is 6.81. The summed E-state index contributed by atoms with van der Waals surface area (Å²) in [6.45, 7) is 6.73. The molecule has 0 bridgehead atoms. The predicted octanol–water partition coefficient (Wildman–Crippen LogP) is 3.24. The van der Waals surface area contributed by atoms with E-state index in [1.165, 1.54) is 30.3 Å². The zero-order valence-electron chi connectivity index (χ0n) is 29.0. The lowest BCUT2D eigenvalue weighted by atomic mass is 10.0. The van der Waals surface area contributed by atoms with Crippen LogP contribution in [0.3, 0.4) is 0 Å². The van der Waals surface area contributed by atoms with E-state index < -0.39 is 33.6 Å². The summed E-state index contributed by atoms with van der Waals surface area (Å²) in [5.41, 5.74) is 0.273. The normalized spacial score (nSPS) is 12.4. The fraction of sp³-hybridized carbons (Fsp3) is 0.485. The van der Waals surface area contributed by atoms with E-state index in [2.05, 4.69) is 19.6 Å². The molecule has 0 fully saturated rings. The maximum atomic E-state index is 13.2. The molecule has 2 aromatic heterocycles. The molecule has 0 saturated carbocycles. The molecular formula is C33H42Cl2N4O11S. The van der Waals surface area contributed by atoms with Crippen LogP contribution in [0.1, 0.15) is 36.7 Å². The summed E-state index contributed by atoms with van der Waals surface area (Å²) in [7, 11) is -1.96. The number of carbonyl (C=O) groups excluding carboxylic acids is 2. The van der Waals surface area contributed by atoms with Gasteiger partial charge in [-0.05, 0) is 31.9 Å². The van der Waals surface area contributed by atoms with E-state index in [0.717, 1.165) is 6.26 Å². The minimum Gasteiger partial charge on any atom is -0.489 e. The molecule has 2 heterocycles. The van der Waals surface area contributed by atoms with Crippen LogP contribution >= 0.6 is 23.2 Å². The van der Waals surface area contributed by atoms with Crippen LogP contribution in [0.25, 0.3) is 11.1 Å². The van der Waals surface area contributed by atoms with Gasteiger partial charge in [-0.25, -0.2) is 9.48 Å². The number of nitrogens with zero attached hydrogens (tertiary/aromatic N) is 3. The Balaban J connectivity index is 1.58. The van der Waals surface area contributed by atoms with Crippen LogP contribution in [0, 0.1) is 0 Å². The zero-order chi connectivity index (χ0) is 37.6. The lowest BCUT2D eigenvalue weighted by Gasteiger charge is -2.25. The fourth-order valence-corrected chi connectivity index (χ4v) is 5.27. The SMILES string of the molecule is Cn1ncc(OCCOCCOCCOCCOS(C)(=O)=O)c(-c2ccc(C[C@H](NC(=O)c3c(Cl)cncc3Cl)C(=O)OC(C)(C)C)cc2)c1=O. The van der Waals surface area contributed by atoms with Crippen molar-refractivity contribution in [2.24, 2.45) is 7.05 Å². The van der Waals surface area contributed by atoms with Crippen LogP contribution in [0.4, 0.5) is 0 Å². The lowest BCUT2D eigenvalue weighted by molar-refractivity contribution is -0.157. The maximum Gasteiger partial charge on any atom is 0.329 e. The van der Waals surface area contributed by atoms with Crippen molar-refractivity contribution >= 4 is 45.2 Å². The zero-order valence-corrected chi connectivity index (χ0v) is 31.3. The van der Waals surface area contributed by atoms with Crippen LogP contribution in [-0.4, -0.2) is 106 Å². The smallest absolute Gasteiger partial charge is 0.329 e. The van der Waals surface area contributed by atoms with Crippen LogP contribution in [0.5, 0.6) is 5.75 Å². The second-order valence-electron chi connectivity index (χ2n) is 12.0. The highest BCUT2D eigenvalue weighted by Gasteiger charge is 2.29. The summed E-state index contributed by atoms with van der Waals surface area (Å²) in [6.07, 6.45) is 5.03. The highest BCUT2D eigenvalue weighted by molar-refractivity contribution is 7.85. The van der Waals surface area contributed by atoms with Gasteiger partial charge in [0, 0.05) is 25.9 Å². The monoisotopic (exact) mass is 772 g/mol. The summed E-state index contributed by atoms with van der Waals surface area (Å²) in [5.74, 6) is -1.07. The van der Waals surface area contributed by atoms with E-state index >= 15 is 0 Å². The number of rotatable bonds is 20. The van der Waals surface area contributed by atoms with Crippen molar-refractivity contribution < 1.29 is 45.9 Å². The van der Waals surface area contributed by atoms with E-state index in [-0.39, 0.29) is 78.5 Å². The number of amides is 1. The minimum absolute atomic E-state index is 0.0177. The van der Waals surface area contributed by atoms with Gasteiger partial charge in [-0.1, -0.05) is 47.5 Å². The molecule has 51 heavy (non-hydrogen) atoms. The standard InChI is InChI=1S/C33H42Cl2N4O11S/c1-33(2,3)50-32(42)26(38-30(40)29-24(34)19-36-20-25(29)35)18-22-6-8-23(9-7-22)28-27(21-37-39(4)31(28)41)48-16-14-46-12-10-45-11-13-47-15-17-49-51(5,43)44/h6-9,19-21,26H,10-18H2,1-5H3,(H,38,40)/t26-/m0/s1. The first kappa shape index (κ1) is 41.8. The van der Waals surface area contributed by atoms with Gasteiger partial charge in [0.2, 0.25) is 0 Å². The molecule has 15 nitrogen and oxygen atoms in total. The number of aromatic nitrogens is 3. The average Bonchev–Trinajstić information content (AvgIpc) is 3.03. The molecule has 1 aromatic carbocycles. The van der Waals surface area contributed by atoms with Crippen molar-refractivity contribution in [2.75, 3.05) is 59.1 Å². The number of aryl methyl sites for hydroxylation is 1. The van der Waals surface area contributed by atoms with Crippen LogP contribution in [0.2, 0.25) is 10.0 Å². The topological polar surface area (TPSA) is 183 Å². The third-order valence-electron chi connectivity index (χ3n) is 6.62. The van der Waals surface area contributed by atoms with Crippen LogP contribution in [-0.2, 0) is 51.5 Å². The van der Waals surface area contributed by atoms with Gasteiger partial charge in [0.05, 0.1) is 79.9 Å². The predicted molar refractivity (Wildman–Crippen MR) is 189 cm³/mol. The number of benzene rings is 1. The van der Waals surface area contributed by atoms with Gasteiger partial charge in [-0.15, -0.1) is 0 Å². The molecule has 3 rings (SSSR count). The molecule has 1 N–H and O–H groups in total. The Kier molecular flexibility index (Phi) is 16.2. The molecule has 0 radical (unpaired) electrons. The van der Waals surface area contributed by atoms with Crippen molar-refractivity contribution in [2.45, 2.75) is 38.8 Å². The Morgan fingerprint density at radius 2 is 1.43 bits per heavy atom. The van der Waals surface area contributed by atoms with Gasteiger partial charge >= 0.3 is 5.97 Å². The summed E-state index contributed by atoms with van der Waals surface area (Å²) >= 11 is 12.3. The Labute approximate surface area is 306 Å². The second-order valence-corrected chi connectivity index (χ2v) is 14.4. The molecule has 280 valence electrons. The molecule has 0 saturated heterocycles. The van der Waals surface area contributed by atoms with E-state index in [9.17, 15) is 22.8 Å². The molecular weight excluding hydrogens is 731 g/mol. The number of pyridine rings is 1. The molecule has 0 unspecified atom stereocenters. The number of halogens is 2. The van der Waals surface area contributed by atoms with Gasteiger partial charge in [0.1, 0.15) is 18.2 Å². The van der Waals surface area contributed by atoms with E-state index in [1.54, 1.807) is 45.0 Å². The number of nitrogens with one attached hydrogen (secondary N) is 1. The molecule has 0 aliphatic rings. The van der Waals surface area contributed by atoms with Crippen molar-refractivity contribution in [3.8, 4) is 16.9 Å². The summed E-state index contributed by atoms with van der Waals surface area (Å²) in [6, 6.07) is 5.78. The van der Waals surface area contributed by atoms with Gasteiger partial charge < -0.3 is 29.0 Å². The van der Waals surface area contributed by atoms with Gasteiger partial charge in [0.15, 0.2) is 5.75 Å². The van der Waals surface area contributed by atoms with Crippen LogP contribution < -0.4 is 15.6 Å². The highest BCUT2D eigenvalue weighted by Crippen LogP contribution is 2.27. The van der Waals surface area contributed by atoms with Gasteiger partial charge in [0.25, 0.3) is 21.6 Å². The lowest BCUT2D eigenvalue weighted by Crippen LogP contribution is -2.45. The summed E-state index contributed by atoms with van der Waals surface area (Å²) in [4.78, 5) is 43.3. The molecule has 0 spiro atoms. The first-order valence-electron chi connectivity index (χ1n) is 15.7. The van der Waals surface area contributed by atoms with E-state index in [0.29, 0.717) is 24.3 Å². The molecule has 0 aliphatic carbocycles. The van der Waals surface area contributed by atoms with Crippen molar-refractivity contribution in [1.82, 2.24) is 20.1 Å². The van der Waals surface area contributed by atoms with E-state index in [1.807, 2.05) is 0 Å². The van der Waals surface area contributed by atoms with Gasteiger partial charge in [-0.2, -0.15) is 13.5 Å². The van der Waals surface area contributed by atoms with Crippen molar-refractivity contribution in [3.63, 3.8) is 0 Å². The summed E-state index contributed by atoms with van der Waals surface area (Å²) < 4.78 is 55.1.